The summed E-state index contributed by atoms with van der Waals surface area (Å²) in [5, 5.41) is 0. The van der Waals surface area contributed by atoms with Crippen molar-refractivity contribution in [1.29, 1.82) is 0 Å². The first-order valence-electron chi connectivity index (χ1n) is 18.0. The molecule has 2 heterocycles. The average molecular weight is 691 g/mol. The minimum absolute atomic E-state index is 0.0476. The maximum Gasteiger partial charge on any atom is 0.412 e. The molecule has 258 valence electrons. The summed E-state index contributed by atoms with van der Waals surface area (Å²) in [5.41, 5.74) is 11.8. The number of nitrogens with zero attached hydrogens (tertiary/aromatic N) is 2. The van der Waals surface area contributed by atoms with Crippen molar-refractivity contribution in [2.24, 2.45) is 0 Å². The number of hydrogen-bond acceptors (Lipinski definition) is 2. The van der Waals surface area contributed by atoms with Crippen molar-refractivity contribution in [2.45, 2.75) is 43.7 Å². The van der Waals surface area contributed by atoms with Crippen molar-refractivity contribution in [3.63, 3.8) is 0 Å². The molecule has 0 fully saturated rings. The van der Waals surface area contributed by atoms with Gasteiger partial charge in [-0.05, 0) is 99.2 Å². The van der Waals surface area contributed by atoms with Gasteiger partial charge < -0.3 is 4.90 Å². The van der Waals surface area contributed by atoms with E-state index in [0.29, 0.717) is 6.42 Å². The van der Waals surface area contributed by atoms with Crippen LogP contribution in [0.25, 0.3) is 16.8 Å². The molecule has 2 aliphatic carbocycles. The van der Waals surface area contributed by atoms with Crippen LogP contribution in [0.4, 0.5) is 18.9 Å². The Morgan fingerprint density at radius 1 is 0.712 bits per heavy atom. The highest BCUT2D eigenvalue weighted by molar-refractivity contribution is 5.78. The monoisotopic (exact) mass is 690 g/mol. The second-order valence-corrected chi connectivity index (χ2v) is 14.2. The van der Waals surface area contributed by atoms with Gasteiger partial charge in [0.1, 0.15) is 0 Å². The number of benzene rings is 5. The minimum atomic E-state index is -4.44. The number of rotatable bonds is 6. The van der Waals surface area contributed by atoms with Crippen molar-refractivity contribution in [1.82, 2.24) is 4.57 Å². The largest absolute Gasteiger partial charge is 0.412 e. The molecule has 0 N–H and O–H groups in total. The van der Waals surface area contributed by atoms with Crippen LogP contribution in [0.5, 0.6) is 0 Å². The van der Waals surface area contributed by atoms with Crippen LogP contribution in [0, 0.1) is 0 Å². The summed E-state index contributed by atoms with van der Waals surface area (Å²) in [7, 11) is 0. The molecule has 0 bridgehead atoms. The smallest absolute Gasteiger partial charge is 0.371 e. The van der Waals surface area contributed by atoms with E-state index in [4.69, 9.17) is 0 Å². The van der Waals surface area contributed by atoms with Gasteiger partial charge in [0.05, 0.1) is 0 Å². The third kappa shape index (κ3) is 5.76. The van der Waals surface area contributed by atoms with E-state index >= 15 is 0 Å². The lowest BCUT2D eigenvalue weighted by molar-refractivity contribution is -0.0937. The van der Waals surface area contributed by atoms with E-state index in [-0.39, 0.29) is 17.9 Å². The highest BCUT2D eigenvalue weighted by atomic mass is 19.4. The molecule has 0 radical (unpaired) electrons. The molecule has 0 saturated carbocycles. The number of fused-ring (bicyclic) bond motifs is 6. The Morgan fingerprint density at radius 3 is 2.29 bits per heavy atom. The molecule has 0 spiro atoms. The van der Waals surface area contributed by atoms with Crippen molar-refractivity contribution >= 4 is 5.69 Å². The Labute approximate surface area is 301 Å². The topological polar surface area (TPSA) is 25.2 Å². The maximum atomic E-state index is 14.8. The van der Waals surface area contributed by atoms with Gasteiger partial charge >= 0.3 is 6.18 Å². The summed E-state index contributed by atoms with van der Waals surface area (Å²) in [4.78, 5) is 14.9. The van der Waals surface area contributed by atoms with Crippen LogP contribution in [-0.2, 0) is 25.7 Å². The molecule has 9 rings (SSSR count). The van der Waals surface area contributed by atoms with Crippen molar-refractivity contribution in [2.75, 3.05) is 18.0 Å². The minimum Gasteiger partial charge on any atom is -0.371 e. The second kappa shape index (κ2) is 12.9. The normalized spacial score (nSPS) is 17.5. The molecular formula is C46H37F3N2O. The van der Waals surface area contributed by atoms with E-state index < -0.39 is 17.7 Å². The molecule has 3 nitrogen and oxygen atoms in total. The lowest BCUT2D eigenvalue weighted by atomic mass is 9.70. The molecule has 3 aliphatic rings. The van der Waals surface area contributed by atoms with Crippen molar-refractivity contribution < 1.29 is 13.2 Å². The first-order valence-corrected chi connectivity index (χ1v) is 18.0. The number of hydrogen-bond donors (Lipinski definition) is 0. The highest BCUT2D eigenvalue weighted by Crippen LogP contribution is 2.49. The predicted octanol–water partition coefficient (Wildman–Crippen LogP) is 9.97. The van der Waals surface area contributed by atoms with Gasteiger partial charge in [-0.3, -0.25) is 9.36 Å². The lowest BCUT2D eigenvalue weighted by Gasteiger charge is -2.34. The molecule has 0 amide bonds. The fraction of sp³-hybridized carbons (Fsp3) is 0.196. The summed E-state index contributed by atoms with van der Waals surface area (Å²) in [6.07, 6.45) is 1.09. The Kier molecular flexibility index (Phi) is 7.99. The standard InChI is InChI=1S/C46H37F3N2O/c47-46(48,49)34-27-40(33-14-13-32-22-25-50(44(32)26-33)24-21-30-8-2-1-3-9-30)39-20-19-38-36-10-4-5-11-37(36)41(29-43(38)42(39)28-34)31-15-17-35(18-16-31)51-23-7-6-12-45(51)52/h1-20,23,26-27,40-41H,21-22,24-25,28-29H2. The summed E-state index contributed by atoms with van der Waals surface area (Å²) in [6, 6.07) is 42.3. The van der Waals surface area contributed by atoms with Gasteiger partial charge in [0, 0.05) is 60.6 Å². The zero-order chi connectivity index (χ0) is 35.4. The van der Waals surface area contributed by atoms with Gasteiger partial charge in [-0.25, -0.2) is 0 Å². The molecule has 2 atom stereocenters. The number of anilines is 1. The van der Waals surface area contributed by atoms with E-state index in [2.05, 4.69) is 77.7 Å². The van der Waals surface area contributed by atoms with Gasteiger partial charge in [0.2, 0.25) is 0 Å². The Bertz CT molecular complexity index is 2390. The quantitative estimate of drug-likeness (QED) is 0.163. The van der Waals surface area contributed by atoms with Crippen LogP contribution in [-0.4, -0.2) is 23.8 Å². The number of halogens is 3. The first-order chi connectivity index (χ1) is 25.3. The van der Waals surface area contributed by atoms with E-state index in [9.17, 15) is 18.0 Å². The molecule has 0 saturated heterocycles. The van der Waals surface area contributed by atoms with Gasteiger partial charge in [-0.2, -0.15) is 13.2 Å². The van der Waals surface area contributed by atoms with Crippen LogP contribution >= 0.6 is 0 Å². The van der Waals surface area contributed by atoms with Crippen LogP contribution in [0.2, 0.25) is 0 Å². The maximum absolute atomic E-state index is 14.8. The molecule has 52 heavy (non-hydrogen) atoms. The molecule has 6 heteroatoms. The Hall–Kier alpha value is -5.62. The van der Waals surface area contributed by atoms with E-state index in [1.165, 1.54) is 23.3 Å². The summed E-state index contributed by atoms with van der Waals surface area (Å²) in [6.45, 7) is 1.77. The Morgan fingerprint density at radius 2 is 1.48 bits per heavy atom. The van der Waals surface area contributed by atoms with Crippen LogP contribution in [0.3, 0.4) is 0 Å². The predicted molar refractivity (Wildman–Crippen MR) is 202 cm³/mol. The van der Waals surface area contributed by atoms with Crippen LogP contribution < -0.4 is 10.5 Å². The summed E-state index contributed by atoms with van der Waals surface area (Å²) < 4.78 is 46.0. The summed E-state index contributed by atoms with van der Waals surface area (Å²) >= 11 is 0. The van der Waals surface area contributed by atoms with Gasteiger partial charge in [0.25, 0.3) is 5.56 Å². The lowest BCUT2D eigenvalue weighted by Crippen LogP contribution is -2.24. The third-order valence-corrected chi connectivity index (χ3v) is 11.3. The number of allylic oxidation sites excluding steroid dienone is 2. The second-order valence-electron chi connectivity index (χ2n) is 14.2. The molecule has 5 aromatic carbocycles. The fourth-order valence-corrected chi connectivity index (χ4v) is 8.67. The molecule has 6 aromatic rings. The third-order valence-electron chi connectivity index (χ3n) is 11.3. The van der Waals surface area contributed by atoms with Gasteiger partial charge in [-0.15, -0.1) is 0 Å². The van der Waals surface area contributed by atoms with Crippen molar-refractivity contribution in [3.05, 3.63) is 200 Å². The van der Waals surface area contributed by atoms with Gasteiger partial charge in [-0.1, -0.05) is 103 Å². The number of alkyl halides is 3. The number of aromatic nitrogens is 1. The zero-order valence-electron chi connectivity index (χ0n) is 28.6. The molecule has 2 unspecified atom stereocenters. The first kappa shape index (κ1) is 32.3. The van der Waals surface area contributed by atoms with Crippen LogP contribution in [0.15, 0.2) is 150 Å². The van der Waals surface area contributed by atoms with Crippen molar-refractivity contribution in [3.8, 4) is 16.8 Å². The highest BCUT2D eigenvalue weighted by Gasteiger charge is 2.40. The van der Waals surface area contributed by atoms with Gasteiger partial charge in [0.15, 0.2) is 0 Å². The van der Waals surface area contributed by atoms with E-state index in [1.54, 1.807) is 16.8 Å². The molecular weight excluding hydrogens is 654 g/mol. The fourth-order valence-electron chi connectivity index (χ4n) is 8.67. The zero-order valence-corrected chi connectivity index (χ0v) is 28.6. The molecule has 1 aromatic heterocycles. The molecule has 1 aliphatic heterocycles. The van der Waals surface area contributed by atoms with E-state index in [1.807, 2.05) is 42.5 Å². The average Bonchev–Trinajstić information content (AvgIpc) is 3.58. The SMILES string of the molecule is O=c1ccccn1-c1ccc(C2Cc3c(ccc4c3CC(C(F)(F)F)=CC4c3ccc4c(c3)N(CCc3ccccc3)CC4)-c3ccccc32)cc1. The summed E-state index contributed by atoms with van der Waals surface area (Å²) in [5.74, 6) is -0.555. The Balaban J connectivity index is 1.11. The van der Waals surface area contributed by atoms with E-state index in [0.717, 1.165) is 81.8 Å². The number of pyridine rings is 1. The van der Waals surface area contributed by atoms with Crippen LogP contribution in [0.1, 0.15) is 56.3 Å².